The quantitative estimate of drug-likeness (QED) is 0.196. The Balaban J connectivity index is 0.000000727. The third-order valence-corrected chi connectivity index (χ3v) is 11.3. The van der Waals surface area contributed by atoms with E-state index in [1.807, 2.05) is 14.2 Å². The van der Waals surface area contributed by atoms with E-state index in [0.717, 1.165) is 36.0 Å². The Labute approximate surface area is 282 Å². The van der Waals surface area contributed by atoms with Crippen molar-refractivity contribution in [1.82, 2.24) is 0 Å². The van der Waals surface area contributed by atoms with Crippen LogP contribution in [0, 0.1) is 23.7 Å². The smallest absolute Gasteiger partial charge is 1.00 e. The van der Waals surface area contributed by atoms with Crippen LogP contribution in [-0.4, -0.2) is 37.7 Å². The molecule has 41 heavy (non-hydrogen) atoms. The molecule has 0 amide bonds. The maximum atomic E-state index is 6.22. The number of ether oxygens (including phenoxy) is 2. The SMILES string of the molecule is COC(C=CCP)(C1CCCCC1)C1CCCCC1.COC(C=CCP)(C1CCCCC1)C1CCCCC1.[Cl-].[Cl-].[Ni+2]. The molecule has 4 fully saturated rings. The number of allylic oxidation sites excluding steroid dienone is 2. The minimum atomic E-state index is 0. The molecule has 0 aliphatic heterocycles. The van der Waals surface area contributed by atoms with Gasteiger partial charge < -0.3 is 34.3 Å². The molecule has 2 unspecified atom stereocenters. The van der Waals surface area contributed by atoms with Crippen molar-refractivity contribution < 1.29 is 50.8 Å². The van der Waals surface area contributed by atoms with Crippen molar-refractivity contribution in [3.8, 4) is 0 Å². The molecule has 0 N–H and O–H groups in total. The van der Waals surface area contributed by atoms with Gasteiger partial charge in [0.25, 0.3) is 0 Å². The molecule has 0 aromatic heterocycles. The van der Waals surface area contributed by atoms with Gasteiger partial charge in [-0.3, -0.25) is 0 Å². The summed E-state index contributed by atoms with van der Waals surface area (Å²) in [5.74, 6) is 3.01. The summed E-state index contributed by atoms with van der Waals surface area (Å²) < 4.78 is 12.4. The Morgan fingerprint density at radius 3 is 0.878 bits per heavy atom. The van der Waals surface area contributed by atoms with Gasteiger partial charge in [0.1, 0.15) is 0 Å². The van der Waals surface area contributed by atoms with E-state index >= 15 is 0 Å². The van der Waals surface area contributed by atoms with E-state index < -0.39 is 0 Å². The van der Waals surface area contributed by atoms with E-state index in [1.54, 1.807) is 0 Å². The van der Waals surface area contributed by atoms with Crippen molar-refractivity contribution in [2.24, 2.45) is 23.7 Å². The van der Waals surface area contributed by atoms with E-state index in [4.69, 9.17) is 9.47 Å². The van der Waals surface area contributed by atoms with Crippen molar-refractivity contribution in [2.45, 2.75) is 140 Å². The first-order valence-corrected chi connectivity index (χ1v) is 18.2. The van der Waals surface area contributed by atoms with Crippen molar-refractivity contribution >= 4 is 18.5 Å². The number of hydrogen-bond donors (Lipinski definition) is 0. The summed E-state index contributed by atoms with van der Waals surface area (Å²) in [5.41, 5.74) is 0.0782. The predicted molar refractivity (Wildman–Crippen MR) is 173 cm³/mol. The second-order valence-electron chi connectivity index (χ2n) is 12.7. The minimum Gasteiger partial charge on any atom is -1.00 e. The molecule has 4 rings (SSSR count). The molecule has 0 radical (unpaired) electrons. The van der Waals surface area contributed by atoms with Gasteiger partial charge in [-0.15, -0.1) is 18.5 Å². The Hall–Kier alpha value is 1.33. The molecule has 4 saturated carbocycles. The molecule has 0 heterocycles. The van der Waals surface area contributed by atoms with Gasteiger partial charge in [0.2, 0.25) is 0 Å². The molecular weight excluding hydrogens is 632 g/mol. The van der Waals surface area contributed by atoms with Crippen LogP contribution in [0.15, 0.2) is 24.3 Å². The molecule has 244 valence electrons. The fraction of sp³-hybridized carbons (Fsp3) is 0.882. The summed E-state index contributed by atoms with van der Waals surface area (Å²) in [6.07, 6.45) is 39.4. The van der Waals surface area contributed by atoms with Gasteiger partial charge >= 0.3 is 16.5 Å². The van der Waals surface area contributed by atoms with E-state index in [9.17, 15) is 0 Å². The molecule has 2 nitrogen and oxygen atoms in total. The third-order valence-electron chi connectivity index (χ3n) is 10.7. The zero-order chi connectivity index (χ0) is 27.1. The zero-order valence-electron chi connectivity index (χ0n) is 26.2. The average molecular weight is 694 g/mol. The van der Waals surface area contributed by atoms with Crippen LogP contribution in [0.4, 0.5) is 0 Å². The van der Waals surface area contributed by atoms with Crippen LogP contribution in [-0.2, 0) is 26.0 Å². The molecule has 0 saturated heterocycles. The zero-order valence-corrected chi connectivity index (χ0v) is 31.0. The summed E-state index contributed by atoms with van der Waals surface area (Å²) in [6, 6.07) is 0. The summed E-state index contributed by atoms with van der Waals surface area (Å²) >= 11 is 0. The number of hydrogen-bond acceptors (Lipinski definition) is 2. The van der Waals surface area contributed by atoms with Crippen LogP contribution >= 0.6 is 18.5 Å². The fourth-order valence-electron chi connectivity index (χ4n) is 8.73. The first-order valence-electron chi connectivity index (χ1n) is 16.5. The largest absolute Gasteiger partial charge is 2.00 e. The van der Waals surface area contributed by atoms with Gasteiger partial charge in [-0.1, -0.05) is 101 Å². The normalized spacial score (nSPS) is 22.3. The average Bonchev–Trinajstić information content (AvgIpc) is 3.01. The van der Waals surface area contributed by atoms with Crippen molar-refractivity contribution in [3.63, 3.8) is 0 Å². The van der Waals surface area contributed by atoms with Gasteiger partial charge in [0.15, 0.2) is 0 Å². The van der Waals surface area contributed by atoms with Crippen LogP contribution in [0.3, 0.4) is 0 Å². The molecule has 0 aromatic carbocycles. The molecule has 7 heteroatoms. The van der Waals surface area contributed by atoms with E-state index in [1.165, 1.54) is 128 Å². The predicted octanol–water partition coefficient (Wildman–Crippen LogP) is 3.93. The maximum absolute atomic E-state index is 6.22. The van der Waals surface area contributed by atoms with E-state index in [-0.39, 0.29) is 52.5 Å². The standard InChI is InChI=1S/2C17H31OP.2ClH.Ni/c2*1-18-17(13-8-14-19,15-9-4-2-5-10-15)16-11-6-3-7-12-16;;;/h2*8,13,15-16H,2-7,9-12,14,19H2,1H3;2*1H;/q;;;;+2/p-2. The van der Waals surface area contributed by atoms with Crippen molar-refractivity contribution in [1.29, 1.82) is 0 Å². The third kappa shape index (κ3) is 11.9. The van der Waals surface area contributed by atoms with Gasteiger partial charge in [-0.05, 0) is 87.4 Å². The summed E-state index contributed by atoms with van der Waals surface area (Å²) in [6.45, 7) is 0. The van der Waals surface area contributed by atoms with Gasteiger partial charge in [0.05, 0.1) is 11.2 Å². The van der Waals surface area contributed by atoms with E-state index in [2.05, 4.69) is 42.8 Å². The Morgan fingerprint density at radius 2 is 0.707 bits per heavy atom. The Bertz CT molecular complexity index is 590. The summed E-state index contributed by atoms with van der Waals surface area (Å²) in [7, 11) is 9.54. The fourth-order valence-corrected chi connectivity index (χ4v) is 9.01. The topological polar surface area (TPSA) is 18.5 Å². The second-order valence-corrected chi connectivity index (χ2v) is 13.7. The number of halogens is 2. The van der Waals surface area contributed by atoms with E-state index in [0.29, 0.717) is 0 Å². The molecule has 0 spiro atoms. The first kappa shape index (κ1) is 42.3. The van der Waals surface area contributed by atoms with Crippen LogP contribution in [0.25, 0.3) is 0 Å². The van der Waals surface area contributed by atoms with Crippen LogP contribution < -0.4 is 24.8 Å². The van der Waals surface area contributed by atoms with Gasteiger partial charge in [-0.25, -0.2) is 0 Å². The van der Waals surface area contributed by atoms with Crippen LogP contribution in [0.2, 0.25) is 0 Å². The van der Waals surface area contributed by atoms with Crippen LogP contribution in [0.1, 0.15) is 128 Å². The summed E-state index contributed by atoms with van der Waals surface area (Å²) in [5, 5.41) is 0. The Kier molecular flexibility index (Phi) is 24.4. The molecule has 0 aromatic rings. The molecule has 4 aliphatic rings. The minimum absolute atomic E-state index is 0. The summed E-state index contributed by atoms with van der Waals surface area (Å²) in [4.78, 5) is 0. The monoisotopic (exact) mass is 692 g/mol. The van der Waals surface area contributed by atoms with Crippen molar-refractivity contribution in [2.75, 3.05) is 26.5 Å². The maximum Gasteiger partial charge on any atom is 2.00 e. The molecule has 0 bridgehead atoms. The molecule has 2 atom stereocenters. The van der Waals surface area contributed by atoms with Crippen LogP contribution in [0.5, 0.6) is 0 Å². The van der Waals surface area contributed by atoms with Gasteiger partial charge in [-0.2, -0.15) is 0 Å². The Morgan fingerprint density at radius 1 is 0.488 bits per heavy atom. The van der Waals surface area contributed by atoms with Crippen molar-refractivity contribution in [3.05, 3.63) is 24.3 Å². The number of methoxy groups -OCH3 is 2. The van der Waals surface area contributed by atoms with Gasteiger partial charge in [0, 0.05) is 14.2 Å². The second kappa shape index (κ2) is 23.6. The molecular formula is C34H62Cl2NiO2P2. The number of rotatable bonds is 10. The first-order chi connectivity index (χ1) is 18.7. The molecule has 4 aliphatic carbocycles.